The largest absolute Gasteiger partial charge is 0.466 e. The second-order valence-corrected chi connectivity index (χ2v) is 8.50. The van der Waals surface area contributed by atoms with Crippen molar-refractivity contribution in [2.45, 2.75) is 38.6 Å². The molecule has 2 aromatic heterocycles. The molecule has 0 spiro atoms. The Morgan fingerprint density at radius 3 is 2.68 bits per heavy atom. The van der Waals surface area contributed by atoms with E-state index < -0.39 is 0 Å². The van der Waals surface area contributed by atoms with Crippen molar-refractivity contribution in [3.63, 3.8) is 0 Å². The van der Waals surface area contributed by atoms with Gasteiger partial charge in [-0.3, -0.25) is 9.59 Å². The van der Waals surface area contributed by atoms with Crippen LogP contribution in [0.25, 0.3) is 5.52 Å². The summed E-state index contributed by atoms with van der Waals surface area (Å²) in [5.41, 5.74) is 1.09. The fraction of sp³-hybridized carbons (Fsp3) is 0.600. The standard InChI is InChI=1S/C20H23ClN4O3/c1-2-28-19(27)16-13-6-7-14(12-5-4-11(12)13)17(16)22-18-15-8-3-10(9-26)25(15)24-20(21)23-18/h3,8-9,11-14,16-17H,2,4-7H2,1H3,(H,22,23,24)/t11?,12?,13-,14+,16-,17-/m0/s1. The molecule has 1 N–H and O–H groups in total. The summed E-state index contributed by atoms with van der Waals surface area (Å²) < 4.78 is 6.95. The molecule has 0 saturated heterocycles. The number of nitrogens with zero attached hydrogens (tertiary/aromatic N) is 3. The highest BCUT2D eigenvalue weighted by atomic mass is 35.5. The zero-order valence-corrected chi connectivity index (χ0v) is 16.4. The van der Waals surface area contributed by atoms with Gasteiger partial charge in [-0.05, 0) is 80.0 Å². The average molecular weight is 403 g/mol. The molecule has 4 fully saturated rings. The SMILES string of the molecule is CCOC(=O)[C@@H]1[C@@H](Nc2nc(Cl)nn3c(C=O)ccc23)[C@@H]2CC[C@H]1C1CCC12. The van der Waals surface area contributed by atoms with E-state index in [1.165, 1.54) is 17.4 Å². The maximum atomic E-state index is 12.9. The molecule has 4 aliphatic carbocycles. The lowest BCUT2D eigenvalue weighted by Gasteiger charge is -2.61. The zero-order chi connectivity index (χ0) is 19.4. The van der Waals surface area contributed by atoms with Gasteiger partial charge in [-0.25, -0.2) is 4.52 Å². The second kappa shape index (κ2) is 6.72. The third kappa shape index (κ3) is 2.55. The van der Waals surface area contributed by atoms with Crippen molar-refractivity contribution in [2.75, 3.05) is 11.9 Å². The van der Waals surface area contributed by atoms with E-state index in [2.05, 4.69) is 15.4 Å². The molecule has 6 rings (SSSR count). The van der Waals surface area contributed by atoms with Crippen molar-refractivity contribution >= 4 is 35.2 Å². The molecule has 4 saturated carbocycles. The maximum absolute atomic E-state index is 12.9. The molecule has 2 heterocycles. The molecular weight excluding hydrogens is 380 g/mol. The lowest BCUT2D eigenvalue weighted by molar-refractivity contribution is -0.166. The Hall–Kier alpha value is -2.15. The lowest BCUT2D eigenvalue weighted by atomic mass is 9.46. The van der Waals surface area contributed by atoms with Crippen LogP contribution >= 0.6 is 11.6 Å². The average Bonchev–Trinajstić information content (AvgIpc) is 3.05. The van der Waals surface area contributed by atoms with E-state index in [4.69, 9.17) is 16.3 Å². The van der Waals surface area contributed by atoms with Gasteiger partial charge in [-0.2, -0.15) is 4.98 Å². The Kier molecular flexibility index (Phi) is 4.30. The van der Waals surface area contributed by atoms with Crippen molar-refractivity contribution in [3.05, 3.63) is 23.1 Å². The Morgan fingerprint density at radius 2 is 1.96 bits per heavy atom. The lowest BCUT2D eigenvalue weighted by Crippen LogP contribution is -2.62. The third-order valence-corrected chi connectivity index (χ3v) is 7.28. The van der Waals surface area contributed by atoms with Crippen LogP contribution in [0, 0.1) is 29.6 Å². The summed E-state index contributed by atoms with van der Waals surface area (Å²) in [6.45, 7) is 2.24. The van der Waals surface area contributed by atoms with Gasteiger partial charge in [0, 0.05) is 6.04 Å². The Labute approximate surface area is 167 Å². The van der Waals surface area contributed by atoms with Crippen LogP contribution in [0.15, 0.2) is 12.1 Å². The van der Waals surface area contributed by atoms with Gasteiger partial charge in [-0.1, -0.05) is 0 Å². The van der Waals surface area contributed by atoms with E-state index in [0.717, 1.165) is 19.1 Å². The molecule has 28 heavy (non-hydrogen) atoms. The fourth-order valence-electron chi connectivity index (χ4n) is 5.95. The van der Waals surface area contributed by atoms with Crippen LogP contribution in [0.2, 0.25) is 5.28 Å². The van der Waals surface area contributed by atoms with E-state index in [1.807, 2.05) is 6.92 Å². The van der Waals surface area contributed by atoms with Crippen LogP contribution in [0.5, 0.6) is 0 Å². The molecule has 2 unspecified atom stereocenters. The van der Waals surface area contributed by atoms with Gasteiger partial charge in [-0.15, -0.1) is 5.10 Å². The van der Waals surface area contributed by atoms with Crippen molar-refractivity contribution in [1.29, 1.82) is 0 Å². The normalized spacial score (nSPS) is 33.2. The Bertz CT molecular complexity index is 945. The first-order valence-corrected chi connectivity index (χ1v) is 10.4. The van der Waals surface area contributed by atoms with Gasteiger partial charge in [0.15, 0.2) is 12.1 Å². The van der Waals surface area contributed by atoms with Crippen LogP contribution < -0.4 is 5.32 Å². The molecule has 4 aliphatic rings. The number of rotatable bonds is 5. The Balaban J connectivity index is 1.54. The van der Waals surface area contributed by atoms with Crippen LogP contribution in [0.3, 0.4) is 0 Å². The van der Waals surface area contributed by atoms with E-state index in [9.17, 15) is 9.59 Å². The number of nitrogens with one attached hydrogen (secondary N) is 1. The molecule has 2 bridgehead atoms. The van der Waals surface area contributed by atoms with Gasteiger partial charge in [0.25, 0.3) is 0 Å². The summed E-state index contributed by atoms with van der Waals surface area (Å²) in [6, 6.07) is 3.45. The molecule has 2 aromatic rings. The molecule has 6 atom stereocenters. The number of carbonyl (C=O) groups is 2. The topological polar surface area (TPSA) is 85.6 Å². The predicted octanol–water partition coefficient (Wildman–Crippen LogP) is 3.22. The minimum absolute atomic E-state index is 0.0382. The highest BCUT2D eigenvalue weighted by Gasteiger charge is 2.59. The number of halogens is 1. The van der Waals surface area contributed by atoms with Gasteiger partial charge in [0.1, 0.15) is 11.2 Å². The number of fused-ring (bicyclic) bond motifs is 3. The molecular formula is C20H23ClN4O3. The van der Waals surface area contributed by atoms with E-state index >= 15 is 0 Å². The van der Waals surface area contributed by atoms with Gasteiger partial charge in [0.2, 0.25) is 5.28 Å². The number of carbonyl (C=O) groups excluding carboxylic acids is 2. The first kappa shape index (κ1) is 17.9. The highest BCUT2D eigenvalue weighted by Crippen LogP contribution is 2.60. The number of esters is 1. The summed E-state index contributed by atoms with van der Waals surface area (Å²) in [6.07, 6.45) is 5.41. The van der Waals surface area contributed by atoms with Crippen molar-refractivity contribution in [3.8, 4) is 0 Å². The molecule has 7 nitrogen and oxygen atoms in total. The summed E-state index contributed by atoms with van der Waals surface area (Å²) >= 11 is 6.13. The number of hydrogen-bond donors (Lipinski definition) is 1. The van der Waals surface area contributed by atoms with E-state index in [1.54, 1.807) is 12.1 Å². The predicted molar refractivity (Wildman–Crippen MR) is 103 cm³/mol. The third-order valence-electron chi connectivity index (χ3n) is 7.12. The molecule has 8 heteroatoms. The summed E-state index contributed by atoms with van der Waals surface area (Å²) in [7, 11) is 0. The number of hydrogen-bond acceptors (Lipinski definition) is 6. The number of aldehydes is 1. The number of aromatic nitrogens is 3. The summed E-state index contributed by atoms with van der Waals surface area (Å²) in [4.78, 5) is 28.5. The molecule has 0 aromatic carbocycles. The van der Waals surface area contributed by atoms with Gasteiger partial charge >= 0.3 is 5.97 Å². The number of anilines is 1. The monoisotopic (exact) mass is 402 g/mol. The van der Waals surface area contributed by atoms with Crippen LogP contribution in [0.1, 0.15) is 43.1 Å². The maximum Gasteiger partial charge on any atom is 0.311 e. The van der Waals surface area contributed by atoms with Crippen molar-refractivity contribution < 1.29 is 14.3 Å². The van der Waals surface area contributed by atoms with Crippen LogP contribution in [0.4, 0.5) is 5.82 Å². The van der Waals surface area contributed by atoms with Crippen LogP contribution in [-0.2, 0) is 9.53 Å². The first-order chi connectivity index (χ1) is 13.6. The molecule has 0 amide bonds. The second-order valence-electron chi connectivity index (χ2n) is 8.16. The van der Waals surface area contributed by atoms with E-state index in [-0.39, 0.29) is 23.2 Å². The minimum Gasteiger partial charge on any atom is -0.466 e. The van der Waals surface area contributed by atoms with Gasteiger partial charge < -0.3 is 10.1 Å². The van der Waals surface area contributed by atoms with Crippen LogP contribution in [-0.4, -0.2) is 39.5 Å². The molecule has 0 radical (unpaired) electrons. The van der Waals surface area contributed by atoms with E-state index in [0.29, 0.717) is 47.3 Å². The molecule has 0 aliphatic heterocycles. The highest BCUT2D eigenvalue weighted by molar-refractivity contribution is 6.28. The zero-order valence-electron chi connectivity index (χ0n) is 15.7. The first-order valence-electron chi connectivity index (χ1n) is 10.1. The smallest absolute Gasteiger partial charge is 0.311 e. The summed E-state index contributed by atoms with van der Waals surface area (Å²) in [5, 5.41) is 7.73. The summed E-state index contributed by atoms with van der Waals surface area (Å²) in [5.74, 6) is 2.40. The van der Waals surface area contributed by atoms with Crippen molar-refractivity contribution in [2.24, 2.45) is 29.6 Å². The number of ether oxygens (including phenoxy) is 1. The van der Waals surface area contributed by atoms with Crippen molar-refractivity contribution in [1.82, 2.24) is 14.6 Å². The Morgan fingerprint density at radius 1 is 1.25 bits per heavy atom. The van der Waals surface area contributed by atoms with Gasteiger partial charge in [0.05, 0.1) is 12.5 Å². The minimum atomic E-state index is -0.172. The molecule has 148 valence electrons. The fourth-order valence-corrected chi connectivity index (χ4v) is 6.11. The quantitative estimate of drug-likeness (QED) is 0.610.